The molecule has 1 fully saturated rings. The molecule has 4 rings (SSSR count). The van der Waals surface area contributed by atoms with E-state index in [0.717, 1.165) is 34.8 Å². The van der Waals surface area contributed by atoms with Crippen molar-refractivity contribution in [2.45, 2.75) is 52.5 Å². The number of aryl methyl sites for hydroxylation is 1. The molecule has 192 valence electrons. The highest BCUT2D eigenvalue weighted by Crippen LogP contribution is 2.45. The first-order valence-electron chi connectivity index (χ1n) is 12.4. The van der Waals surface area contributed by atoms with E-state index in [-0.39, 0.29) is 24.2 Å². The molecule has 36 heavy (non-hydrogen) atoms. The Hall–Kier alpha value is -3.07. The largest absolute Gasteiger partial charge is 0.466 e. The quantitative estimate of drug-likeness (QED) is 0.504. The molecule has 1 saturated heterocycles. The van der Waals surface area contributed by atoms with Gasteiger partial charge in [-0.1, -0.05) is 48.5 Å². The number of benzene rings is 1. The van der Waals surface area contributed by atoms with Crippen LogP contribution < -0.4 is 0 Å². The molecule has 3 aliphatic heterocycles. The molecule has 0 aliphatic carbocycles. The Morgan fingerprint density at radius 1 is 1.22 bits per heavy atom. The lowest BCUT2D eigenvalue weighted by atomic mass is 9.92. The number of esters is 2. The van der Waals surface area contributed by atoms with E-state index in [1.807, 2.05) is 42.4 Å². The highest BCUT2D eigenvalue weighted by atomic mass is 32.2. The van der Waals surface area contributed by atoms with Crippen LogP contribution in [0.1, 0.15) is 56.7 Å². The van der Waals surface area contributed by atoms with Crippen LogP contribution in [-0.2, 0) is 23.9 Å². The Morgan fingerprint density at radius 2 is 2.03 bits per heavy atom. The molecule has 0 radical (unpaired) electrons. The number of hydrogen-bond donors (Lipinski definition) is 0. The van der Waals surface area contributed by atoms with E-state index < -0.39 is 12.0 Å². The summed E-state index contributed by atoms with van der Waals surface area (Å²) in [5.74, 6) is -1.000. The van der Waals surface area contributed by atoms with Crippen LogP contribution in [0.4, 0.5) is 0 Å². The molecule has 0 unspecified atom stereocenters. The predicted molar refractivity (Wildman–Crippen MR) is 139 cm³/mol. The van der Waals surface area contributed by atoms with Gasteiger partial charge in [0.05, 0.1) is 43.4 Å². The van der Waals surface area contributed by atoms with Crippen LogP contribution >= 0.6 is 11.8 Å². The second kappa shape index (κ2) is 11.3. The van der Waals surface area contributed by atoms with E-state index in [9.17, 15) is 14.4 Å². The zero-order valence-corrected chi connectivity index (χ0v) is 22.1. The van der Waals surface area contributed by atoms with Crippen molar-refractivity contribution in [3.8, 4) is 0 Å². The fourth-order valence-corrected chi connectivity index (χ4v) is 5.93. The van der Waals surface area contributed by atoms with Crippen molar-refractivity contribution in [3.63, 3.8) is 0 Å². The van der Waals surface area contributed by atoms with Crippen LogP contribution in [-0.4, -0.2) is 59.6 Å². The molecule has 9 heteroatoms. The van der Waals surface area contributed by atoms with E-state index in [0.29, 0.717) is 37.4 Å². The zero-order valence-electron chi connectivity index (χ0n) is 21.3. The number of thioether (sulfide) groups is 1. The smallest absolute Gasteiger partial charge is 0.338 e. The summed E-state index contributed by atoms with van der Waals surface area (Å²) in [6, 6.07) is 7.59. The monoisotopic (exact) mass is 511 g/mol. The maximum Gasteiger partial charge on any atom is 0.338 e. The number of carbonyl (C=O) groups excluding carboxylic acids is 3. The van der Waals surface area contributed by atoms with Crippen molar-refractivity contribution in [3.05, 3.63) is 57.8 Å². The lowest BCUT2D eigenvalue weighted by Gasteiger charge is -2.37. The molecule has 0 bridgehead atoms. The number of rotatable bonds is 7. The third kappa shape index (κ3) is 5.21. The Balaban J connectivity index is 1.62. The van der Waals surface area contributed by atoms with Gasteiger partial charge in [-0.25, -0.2) is 9.79 Å². The van der Waals surface area contributed by atoms with Gasteiger partial charge in [-0.15, -0.1) is 0 Å². The molecule has 0 aromatic heterocycles. The number of allylic oxidation sites excluding steroid dienone is 1. The van der Waals surface area contributed by atoms with Crippen molar-refractivity contribution < 1.29 is 23.9 Å². The van der Waals surface area contributed by atoms with Gasteiger partial charge in [-0.3, -0.25) is 9.59 Å². The minimum absolute atomic E-state index is 0.0509. The van der Waals surface area contributed by atoms with Gasteiger partial charge in [-0.2, -0.15) is 0 Å². The Labute approximate surface area is 216 Å². The first kappa shape index (κ1) is 26.0. The molecule has 2 atom stereocenters. The SMILES string of the molecule is CCOC(=O)[C@H]1CCCN(C(=O)CC2=CSC3=NC(CC)=C(C(=O)OC)[C@H](c4cccc(C)c4)N23)C1. The summed E-state index contributed by atoms with van der Waals surface area (Å²) in [7, 11) is 1.38. The number of amides is 1. The molecule has 1 aromatic rings. The lowest BCUT2D eigenvalue weighted by molar-refractivity contribution is -0.151. The predicted octanol–water partition coefficient (Wildman–Crippen LogP) is 4.32. The molecular formula is C27H33N3O5S. The van der Waals surface area contributed by atoms with Gasteiger partial charge in [0.25, 0.3) is 0 Å². The van der Waals surface area contributed by atoms with Gasteiger partial charge >= 0.3 is 11.9 Å². The van der Waals surface area contributed by atoms with E-state index >= 15 is 0 Å². The fourth-order valence-electron chi connectivity index (χ4n) is 4.99. The highest BCUT2D eigenvalue weighted by Gasteiger charge is 2.42. The summed E-state index contributed by atoms with van der Waals surface area (Å²) in [5, 5.41) is 2.69. The van der Waals surface area contributed by atoms with Crippen LogP contribution in [0.2, 0.25) is 0 Å². The highest BCUT2D eigenvalue weighted by molar-refractivity contribution is 8.16. The van der Waals surface area contributed by atoms with E-state index in [2.05, 4.69) is 6.07 Å². The summed E-state index contributed by atoms with van der Waals surface area (Å²) in [4.78, 5) is 47.2. The molecule has 0 spiro atoms. The molecule has 3 heterocycles. The molecule has 0 N–H and O–H groups in total. The molecule has 0 saturated carbocycles. The van der Waals surface area contributed by atoms with Crippen molar-refractivity contribution in [1.82, 2.24) is 9.80 Å². The standard InChI is InChI=1S/C27H33N3O5S/c1-5-21-23(26(33)34-4)24(18-10-7-9-17(3)13-18)30-20(16-36-27(30)28-21)14-22(31)29-12-8-11-19(15-29)25(32)35-6-2/h7,9-10,13,16,19,24H,5-6,8,11-12,14-15H2,1-4H3/t19-,24-/m0/s1. The summed E-state index contributed by atoms with van der Waals surface area (Å²) in [5.41, 5.74) is 3.99. The van der Waals surface area contributed by atoms with Crippen LogP contribution in [0.3, 0.4) is 0 Å². The summed E-state index contributed by atoms with van der Waals surface area (Å²) < 4.78 is 10.4. The third-order valence-electron chi connectivity index (χ3n) is 6.71. The van der Waals surface area contributed by atoms with Crippen molar-refractivity contribution in [2.75, 3.05) is 26.8 Å². The van der Waals surface area contributed by atoms with Gasteiger partial charge < -0.3 is 19.3 Å². The van der Waals surface area contributed by atoms with Crippen molar-refractivity contribution in [2.24, 2.45) is 10.9 Å². The topological polar surface area (TPSA) is 88.5 Å². The number of nitrogens with zero attached hydrogens (tertiary/aromatic N) is 3. The van der Waals surface area contributed by atoms with Crippen LogP contribution in [0, 0.1) is 12.8 Å². The second-order valence-electron chi connectivity index (χ2n) is 9.12. The molecule has 1 aromatic carbocycles. The average molecular weight is 512 g/mol. The Morgan fingerprint density at radius 3 is 2.72 bits per heavy atom. The van der Waals surface area contributed by atoms with Crippen LogP contribution in [0.15, 0.2) is 51.6 Å². The van der Waals surface area contributed by atoms with Crippen LogP contribution in [0.5, 0.6) is 0 Å². The number of fused-ring (bicyclic) bond motifs is 1. The Kier molecular flexibility index (Phi) is 8.18. The fraction of sp³-hybridized carbons (Fsp3) is 0.481. The van der Waals surface area contributed by atoms with Crippen molar-refractivity contribution >= 4 is 34.8 Å². The average Bonchev–Trinajstić information content (AvgIpc) is 3.29. The molecule has 3 aliphatic rings. The molecule has 1 amide bonds. The van der Waals surface area contributed by atoms with Gasteiger partial charge in [0.2, 0.25) is 5.91 Å². The lowest BCUT2D eigenvalue weighted by Crippen LogP contribution is -2.44. The van der Waals surface area contributed by atoms with E-state index in [1.165, 1.54) is 18.9 Å². The maximum absolute atomic E-state index is 13.4. The number of amidine groups is 1. The van der Waals surface area contributed by atoms with E-state index in [1.54, 1.807) is 11.8 Å². The zero-order chi connectivity index (χ0) is 25.8. The summed E-state index contributed by atoms with van der Waals surface area (Å²) in [6.45, 7) is 7.09. The number of methoxy groups -OCH3 is 1. The third-order valence-corrected chi connectivity index (χ3v) is 7.60. The van der Waals surface area contributed by atoms with Gasteiger partial charge in [0, 0.05) is 18.8 Å². The minimum Gasteiger partial charge on any atom is -0.466 e. The van der Waals surface area contributed by atoms with Crippen LogP contribution in [0.25, 0.3) is 0 Å². The number of piperidine rings is 1. The van der Waals surface area contributed by atoms with Gasteiger partial charge in [0.15, 0.2) is 5.17 Å². The minimum atomic E-state index is -0.442. The molecule has 8 nitrogen and oxygen atoms in total. The summed E-state index contributed by atoms with van der Waals surface area (Å²) in [6.07, 6.45) is 2.23. The number of hydrogen-bond acceptors (Lipinski definition) is 8. The number of likely N-dealkylation sites (tertiary alicyclic amines) is 1. The molecular weight excluding hydrogens is 478 g/mol. The summed E-state index contributed by atoms with van der Waals surface area (Å²) >= 11 is 1.46. The number of aliphatic imine (C=N–C) groups is 1. The first-order chi connectivity index (χ1) is 17.4. The Bertz CT molecular complexity index is 1140. The van der Waals surface area contributed by atoms with Gasteiger partial charge in [0.1, 0.15) is 0 Å². The van der Waals surface area contributed by atoms with E-state index in [4.69, 9.17) is 14.5 Å². The normalized spacial score (nSPS) is 21.6. The number of carbonyl (C=O) groups is 3. The second-order valence-corrected chi connectivity index (χ2v) is 9.96. The maximum atomic E-state index is 13.4. The number of ether oxygens (including phenoxy) is 2. The first-order valence-corrected chi connectivity index (χ1v) is 13.3. The van der Waals surface area contributed by atoms with Crippen molar-refractivity contribution in [1.29, 1.82) is 0 Å². The van der Waals surface area contributed by atoms with Gasteiger partial charge in [-0.05, 0) is 44.1 Å².